The fraction of sp³-hybridized carbons (Fsp3) is 0.556. The van der Waals surface area contributed by atoms with Crippen molar-refractivity contribution < 1.29 is 14.7 Å². The Morgan fingerprint density at radius 3 is 2.52 bits per heavy atom. The molecular formula is C18H24N2O3. The molecule has 1 heterocycles. The summed E-state index contributed by atoms with van der Waals surface area (Å²) in [5, 5.41) is 13.0. The minimum absolute atomic E-state index is 0.0637. The third kappa shape index (κ3) is 3.72. The summed E-state index contributed by atoms with van der Waals surface area (Å²) in [4.78, 5) is 26.4. The van der Waals surface area contributed by atoms with Gasteiger partial charge in [-0.1, -0.05) is 43.2 Å². The molecular weight excluding hydrogens is 292 g/mol. The number of nitrogens with zero attached hydrogens (tertiary/aromatic N) is 1. The molecule has 5 heteroatoms. The summed E-state index contributed by atoms with van der Waals surface area (Å²) in [7, 11) is 0. The third-order valence-electron chi connectivity index (χ3n) is 4.91. The molecule has 1 aromatic rings. The predicted molar refractivity (Wildman–Crippen MR) is 86.5 cm³/mol. The summed E-state index contributed by atoms with van der Waals surface area (Å²) in [5.74, 6) is 0.0265. The van der Waals surface area contributed by atoms with Gasteiger partial charge in [-0.05, 0) is 24.8 Å². The molecule has 124 valence electrons. The first-order chi connectivity index (χ1) is 11.1. The SMILES string of the molecule is O=C(N[C@H]1CCN(C(=O)C2CCCC2)C1)[C@H](O)c1ccccc1. The number of rotatable bonds is 4. The molecule has 23 heavy (non-hydrogen) atoms. The molecule has 1 saturated heterocycles. The van der Waals surface area contributed by atoms with Crippen molar-refractivity contribution in [1.29, 1.82) is 0 Å². The van der Waals surface area contributed by atoms with E-state index in [1.165, 1.54) is 0 Å². The highest BCUT2D eigenvalue weighted by molar-refractivity contribution is 5.83. The smallest absolute Gasteiger partial charge is 0.253 e. The lowest BCUT2D eigenvalue weighted by Gasteiger charge is -2.21. The molecule has 5 nitrogen and oxygen atoms in total. The van der Waals surface area contributed by atoms with Crippen molar-refractivity contribution in [2.24, 2.45) is 5.92 Å². The molecule has 0 aromatic heterocycles. The maximum absolute atomic E-state index is 12.4. The van der Waals surface area contributed by atoms with E-state index in [9.17, 15) is 14.7 Å². The lowest BCUT2D eigenvalue weighted by molar-refractivity contribution is -0.135. The van der Waals surface area contributed by atoms with E-state index >= 15 is 0 Å². The van der Waals surface area contributed by atoms with Gasteiger partial charge >= 0.3 is 0 Å². The molecule has 0 unspecified atom stereocenters. The highest BCUT2D eigenvalue weighted by Gasteiger charge is 2.33. The number of benzene rings is 1. The minimum Gasteiger partial charge on any atom is -0.378 e. The van der Waals surface area contributed by atoms with Crippen LogP contribution in [-0.4, -0.2) is 41.0 Å². The van der Waals surface area contributed by atoms with Gasteiger partial charge in [0.15, 0.2) is 6.10 Å². The highest BCUT2D eigenvalue weighted by Crippen LogP contribution is 2.28. The van der Waals surface area contributed by atoms with Crippen molar-refractivity contribution in [3.63, 3.8) is 0 Å². The van der Waals surface area contributed by atoms with Crippen molar-refractivity contribution in [3.8, 4) is 0 Å². The van der Waals surface area contributed by atoms with Crippen LogP contribution in [0.2, 0.25) is 0 Å². The number of hydrogen-bond donors (Lipinski definition) is 2. The van der Waals surface area contributed by atoms with Crippen molar-refractivity contribution in [2.75, 3.05) is 13.1 Å². The topological polar surface area (TPSA) is 69.6 Å². The number of hydrogen-bond acceptors (Lipinski definition) is 3. The van der Waals surface area contributed by atoms with Gasteiger partial charge in [0.25, 0.3) is 5.91 Å². The second-order valence-electron chi connectivity index (χ2n) is 6.57. The Morgan fingerprint density at radius 2 is 1.83 bits per heavy atom. The molecule has 0 spiro atoms. The summed E-state index contributed by atoms with van der Waals surface area (Å²) in [6.45, 7) is 1.25. The number of carbonyl (C=O) groups excluding carboxylic acids is 2. The van der Waals surface area contributed by atoms with Crippen LogP contribution in [0.5, 0.6) is 0 Å². The van der Waals surface area contributed by atoms with E-state index in [0.717, 1.165) is 32.1 Å². The van der Waals surface area contributed by atoms with Gasteiger partial charge in [0.05, 0.1) is 0 Å². The molecule has 0 radical (unpaired) electrons. The van der Waals surface area contributed by atoms with Crippen LogP contribution in [0.1, 0.15) is 43.8 Å². The molecule has 3 rings (SSSR count). The van der Waals surface area contributed by atoms with Crippen LogP contribution in [0, 0.1) is 5.92 Å². The lowest BCUT2D eigenvalue weighted by Crippen LogP contribution is -2.41. The van der Waals surface area contributed by atoms with Crippen LogP contribution in [0.3, 0.4) is 0 Å². The Labute approximate surface area is 136 Å². The van der Waals surface area contributed by atoms with Crippen molar-refractivity contribution in [1.82, 2.24) is 10.2 Å². The van der Waals surface area contributed by atoms with E-state index in [-0.39, 0.29) is 17.9 Å². The van der Waals surface area contributed by atoms with Crippen LogP contribution >= 0.6 is 0 Å². The van der Waals surface area contributed by atoms with Crippen LogP contribution in [0.15, 0.2) is 30.3 Å². The first kappa shape index (κ1) is 16.0. The summed E-state index contributed by atoms with van der Waals surface area (Å²) in [6.07, 6.45) is 3.89. The van der Waals surface area contributed by atoms with E-state index in [1.54, 1.807) is 24.3 Å². The van der Waals surface area contributed by atoms with Crippen molar-refractivity contribution in [2.45, 2.75) is 44.2 Å². The zero-order valence-corrected chi connectivity index (χ0v) is 13.3. The highest BCUT2D eigenvalue weighted by atomic mass is 16.3. The fourth-order valence-corrected chi connectivity index (χ4v) is 3.58. The Bertz CT molecular complexity index is 555. The van der Waals surface area contributed by atoms with Crippen molar-refractivity contribution in [3.05, 3.63) is 35.9 Å². The van der Waals surface area contributed by atoms with Gasteiger partial charge in [0, 0.05) is 25.0 Å². The van der Waals surface area contributed by atoms with Crippen molar-refractivity contribution >= 4 is 11.8 Å². The molecule has 1 aromatic carbocycles. The normalized spacial score (nSPS) is 23.0. The summed E-state index contributed by atoms with van der Waals surface area (Å²) in [5.41, 5.74) is 0.585. The largest absolute Gasteiger partial charge is 0.378 e. The van der Waals surface area contributed by atoms with E-state index < -0.39 is 12.0 Å². The number of likely N-dealkylation sites (tertiary alicyclic amines) is 1. The molecule has 0 bridgehead atoms. The molecule has 2 aliphatic rings. The lowest BCUT2D eigenvalue weighted by atomic mass is 10.1. The quantitative estimate of drug-likeness (QED) is 0.887. The third-order valence-corrected chi connectivity index (χ3v) is 4.91. The molecule has 1 aliphatic heterocycles. The summed E-state index contributed by atoms with van der Waals surface area (Å²) >= 11 is 0. The molecule has 1 saturated carbocycles. The van der Waals surface area contributed by atoms with Gasteiger partial charge in [-0.3, -0.25) is 9.59 Å². The summed E-state index contributed by atoms with van der Waals surface area (Å²) in [6, 6.07) is 8.83. The molecule has 2 amide bonds. The second-order valence-corrected chi connectivity index (χ2v) is 6.57. The number of carbonyl (C=O) groups is 2. The average molecular weight is 316 g/mol. The van der Waals surface area contributed by atoms with E-state index in [1.807, 2.05) is 11.0 Å². The molecule has 2 N–H and O–H groups in total. The zero-order chi connectivity index (χ0) is 16.2. The maximum Gasteiger partial charge on any atom is 0.253 e. The van der Waals surface area contributed by atoms with Gasteiger partial charge in [0.1, 0.15) is 0 Å². The van der Waals surface area contributed by atoms with Gasteiger partial charge < -0.3 is 15.3 Å². The average Bonchev–Trinajstić information content (AvgIpc) is 3.26. The first-order valence-electron chi connectivity index (χ1n) is 8.47. The Morgan fingerprint density at radius 1 is 1.13 bits per heavy atom. The number of aliphatic hydroxyl groups excluding tert-OH is 1. The molecule has 2 atom stereocenters. The molecule has 1 aliphatic carbocycles. The zero-order valence-electron chi connectivity index (χ0n) is 13.3. The Hall–Kier alpha value is -1.88. The Balaban J connectivity index is 1.51. The predicted octanol–water partition coefficient (Wildman–Crippen LogP) is 1.63. The van der Waals surface area contributed by atoms with Crippen LogP contribution in [0.4, 0.5) is 0 Å². The monoisotopic (exact) mass is 316 g/mol. The maximum atomic E-state index is 12.4. The minimum atomic E-state index is -1.16. The fourth-order valence-electron chi connectivity index (χ4n) is 3.58. The van der Waals surface area contributed by atoms with Gasteiger partial charge in [0.2, 0.25) is 5.91 Å². The van der Waals surface area contributed by atoms with Crippen LogP contribution in [0.25, 0.3) is 0 Å². The van der Waals surface area contributed by atoms with E-state index in [2.05, 4.69) is 5.32 Å². The first-order valence-corrected chi connectivity index (χ1v) is 8.47. The number of amides is 2. The van der Waals surface area contributed by atoms with Crippen LogP contribution < -0.4 is 5.32 Å². The Kier molecular flexibility index (Phi) is 4.96. The summed E-state index contributed by atoms with van der Waals surface area (Å²) < 4.78 is 0. The standard InChI is InChI=1S/C18H24N2O3/c21-16(13-6-2-1-3-7-13)17(22)19-15-10-11-20(12-15)18(23)14-8-4-5-9-14/h1-3,6-7,14-16,21H,4-5,8-12H2,(H,19,22)/t15-,16+/m0/s1. The van der Waals surface area contributed by atoms with Gasteiger partial charge in [-0.25, -0.2) is 0 Å². The molecule has 2 fully saturated rings. The number of nitrogens with one attached hydrogen (secondary N) is 1. The van der Waals surface area contributed by atoms with Gasteiger partial charge in [-0.15, -0.1) is 0 Å². The van der Waals surface area contributed by atoms with E-state index in [0.29, 0.717) is 18.7 Å². The van der Waals surface area contributed by atoms with Crippen LogP contribution in [-0.2, 0) is 9.59 Å². The number of aliphatic hydroxyl groups is 1. The van der Waals surface area contributed by atoms with Gasteiger partial charge in [-0.2, -0.15) is 0 Å². The van der Waals surface area contributed by atoms with E-state index in [4.69, 9.17) is 0 Å². The second kappa shape index (κ2) is 7.13.